The predicted octanol–water partition coefficient (Wildman–Crippen LogP) is 2.22. The maximum Gasteiger partial charge on any atom is 0.233 e. The SMILES string of the molecule is CC1SCCSC1c1noc(C(C)(C)CN)n1. The zero-order valence-corrected chi connectivity index (χ0v) is 12.1. The Hall–Kier alpha value is -0.200. The summed E-state index contributed by atoms with van der Waals surface area (Å²) in [6.45, 7) is 6.79. The highest BCUT2D eigenvalue weighted by Gasteiger charge is 2.31. The average molecular weight is 273 g/mol. The van der Waals surface area contributed by atoms with E-state index >= 15 is 0 Å². The minimum absolute atomic E-state index is 0.235. The summed E-state index contributed by atoms with van der Waals surface area (Å²) in [5.41, 5.74) is 5.48. The first-order valence-corrected chi connectivity index (χ1v) is 7.91. The van der Waals surface area contributed by atoms with Crippen LogP contribution in [0.5, 0.6) is 0 Å². The normalized spacial score (nSPS) is 26.1. The lowest BCUT2D eigenvalue weighted by Gasteiger charge is -2.25. The molecule has 4 nitrogen and oxygen atoms in total. The van der Waals surface area contributed by atoms with Gasteiger partial charge in [-0.05, 0) is 13.8 Å². The topological polar surface area (TPSA) is 64.9 Å². The molecule has 2 heterocycles. The van der Waals surface area contributed by atoms with Crippen molar-refractivity contribution in [1.82, 2.24) is 10.1 Å². The molecule has 1 saturated heterocycles. The number of rotatable bonds is 3. The van der Waals surface area contributed by atoms with Crippen molar-refractivity contribution in [3.05, 3.63) is 11.7 Å². The zero-order valence-electron chi connectivity index (χ0n) is 10.5. The van der Waals surface area contributed by atoms with Gasteiger partial charge in [0.05, 0.1) is 10.7 Å². The van der Waals surface area contributed by atoms with E-state index < -0.39 is 0 Å². The first-order chi connectivity index (χ1) is 8.04. The Morgan fingerprint density at radius 3 is 2.76 bits per heavy atom. The summed E-state index contributed by atoms with van der Waals surface area (Å²) in [5, 5.41) is 5.02. The van der Waals surface area contributed by atoms with Crippen LogP contribution in [0.2, 0.25) is 0 Å². The van der Waals surface area contributed by atoms with Crippen LogP contribution < -0.4 is 5.73 Å². The molecule has 1 aromatic rings. The van der Waals surface area contributed by atoms with Crippen molar-refractivity contribution in [2.45, 2.75) is 36.7 Å². The number of aromatic nitrogens is 2. The van der Waals surface area contributed by atoms with Gasteiger partial charge in [-0.25, -0.2) is 0 Å². The van der Waals surface area contributed by atoms with E-state index in [1.54, 1.807) is 0 Å². The fourth-order valence-corrected chi connectivity index (χ4v) is 4.31. The summed E-state index contributed by atoms with van der Waals surface area (Å²) in [4.78, 5) is 4.53. The van der Waals surface area contributed by atoms with Crippen molar-refractivity contribution in [3.63, 3.8) is 0 Å². The number of hydrogen-bond donors (Lipinski definition) is 1. The summed E-state index contributed by atoms with van der Waals surface area (Å²) in [6, 6.07) is 0. The Kier molecular flexibility index (Phi) is 4.05. The van der Waals surface area contributed by atoms with Crippen molar-refractivity contribution >= 4 is 23.5 Å². The second-order valence-corrected chi connectivity index (χ2v) is 7.65. The molecule has 6 heteroatoms. The molecule has 0 spiro atoms. The Labute approximate surface area is 110 Å². The van der Waals surface area contributed by atoms with Crippen LogP contribution in [0.3, 0.4) is 0 Å². The van der Waals surface area contributed by atoms with E-state index in [-0.39, 0.29) is 5.41 Å². The number of hydrogen-bond acceptors (Lipinski definition) is 6. The van der Waals surface area contributed by atoms with Crippen molar-refractivity contribution in [3.8, 4) is 0 Å². The van der Waals surface area contributed by atoms with Crippen molar-refractivity contribution in [1.29, 1.82) is 0 Å². The predicted molar refractivity (Wildman–Crippen MR) is 73.5 cm³/mol. The maximum absolute atomic E-state index is 5.72. The number of nitrogens with two attached hydrogens (primary N) is 1. The van der Waals surface area contributed by atoms with Crippen LogP contribution in [0, 0.1) is 0 Å². The van der Waals surface area contributed by atoms with Gasteiger partial charge in [0.2, 0.25) is 5.89 Å². The maximum atomic E-state index is 5.72. The average Bonchev–Trinajstić information content (AvgIpc) is 2.79. The second-order valence-electron chi connectivity index (χ2n) is 4.91. The van der Waals surface area contributed by atoms with Crippen molar-refractivity contribution in [2.24, 2.45) is 5.73 Å². The van der Waals surface area contributed by atoms with Crippen LogP contribution in [0.4, 0.5) is 0 Å². The smallest absolute Gasteiger partial charge is 0.233 e. The van der Waals surface area contributed by atoms with Crippen LogP contribution in [-0.4, -0.2) is 33.4 Å². The highest BCUT2D eigenvalue weighted by Crippen LogP contribution is 2.41. The molecule has 0 amide bonds. The lowest BCUT2D eigenvalue weighted by Crippen LogP contribution is -2.28. The highest BCUT2D eigenvalue weighted by molar-refractivity contribution is 8.06. The van der Waals surface area contributed by atoms with Gasteiger partial charge in [-0.2, -0.15) is 16.7 Å². The van der Waals surface area contributed by atoms with Crippen LogP contribution in [0.15, 0.2) is 4.52 Å². The van der Waals surface area contributed by atoms with Gasteiger partial charge in [0.15, 0.2) is 5.82 Å². The molecule has 0 aromatic carbocycles. The Balaban J connectivity index is 2.17. The van der Waals surface area contributed by atoms with Gasteiger partial charge in [0.25, 0.3) is 0 Å². The van der Waals surface area contributed by atoms with Crippen LogP contribution >= 0.6 is 23.5 Å². The lowest BCUT2D eigenvalue weighted by molar-refractivity contribution is 0.309. The molecule has 0 aliphatic carbocycles. The highest BCUT2D eigenvalue weighted by atomic mass is 32.2. The standard InChI is InChI=1S/C11H19N3OS2/c1-7-8(17-5-4-16-7)9-13-10(15-14-9)11(2,3)6-12/h7-8H,4-6,12H2,1-3H3. The van der Waals surface area contributed by atoms with Gasteiger partial charge >= 0.3 is 0 Å². The second kappa shape index (κ2) is 5.20. The Morgan fingerprint density at radius 1 is 1.41 bits per heavy atom. The van der Waals surface area contributed by atoms with Gasteiger partial charge in [-0.1, -0.05) is 12.1 Å². The third kappa shape index (κ3) is 2.80. The fraction of sp³-hybridized carbons (Fsp3) is 0.818. The molecule has 2 unspecified atom stereocenters. The van der Waals surface area contributed by atoms with E-state index in [0.29, 0.717) is 22.9 Å². The number of nitrogens with zero attached hydrogens (tertiary/aromatic N) is 2. The molecule has 2 atom stereocenters. The van der Waals surface area contributed by atoms with Gasteiger partial charge < -0.3 is 10.3 Å². The molecule has 1 fully saturated rings. The van der Waals surface area contributed by atoms with Gasteiger partial charge in [0, 0.05) is 23.3 Å². The Bertz CT molecular complexity index is 381. The van der Waals surface area contributed by atoms with E-state index in [9.17, 15) is 0 Å². The first-order valence-electron chi connectivity index (χ1n) is 5.82. The first kappa shape index (κ1) is 13.2. The fourth-order valence-electron chi connectivity index (χ4n) is 1.63. The molecule has 1 aliphatic heterocycles. The van der Waals surface area contributed by atoms with Crippen LogP contribution in [0.25, 0.3) is 0 Å². The van der Waals surface area contributed by atoms with E-state index in [1.807, 2.05) is 37.4 Å². The molecule has 1 aromatic heterocycles. The van der Waals surface area contributed by atoms with Crippen molar-refractivity contribution in [2.75, 3.05) is 18.1 Å². The molecule has 1 aliphatic rings. The van der Waals surface area contributed by atoms with Crippen molar-refractivity contribution < 1.29 is 4.52 Å². The third-order valence-corrected chi connectivity index (χ3v) is 6.06. The van der Waals surface area contributed by atoms with Gasteiger partial charge in [0.1, 0.15) is 0 Å². The third-order valence-electron chi connectivity index (χ3n) is 2.97. The molecule has 0 bridgehead atoms. The minimum atomic E-state index is -0.235. The van der Waals surface area contributed by atoms with E-state index in [2.05, 4.69) is 17.1 Å². The van der Waals surface area contributed by atoms with Crippen LogP contribution in [-0.2, 0) is 5.41 Å². The Morgan fingerprint density at radius 2 is 2.12 bits per heavy atom. The van der Waals surface area contributed by atoms with E-state index in [4.69, 9.17) is 10.3 Å². The number of thioether (sulfide) groups is 2. The summed E-state index contributed by atoms with van der Waals surface area (Å²) >= 11 is 3.90. The molecule has 0 radical (unpaired) electrons. The van der Waals surface area contributed by atoms with E-state index in [0.717, 1.165) is 11.6 Å². The van der Waals surface area contributed by atoms with E-state index in [1.165, 1.54) is 5.75 Å². The van der Waals surface area contributed by atoms with Crippen LogP contribution in [0.1, 0.15) is 37.7 Å². The van der Waals surface area contributed by atoms with Gasteiger partial charge in [-0.3, -0.25) is 0 Å². The summed E-state index contributed by atoms with van der Waals surface area (Å²) in [5.74, 6) is 3.84. The molecule has 17 heavy (non-hydrogen) atoms. The monoisotopic (exact) mass is 273 g/mol. The lowest BCUT2D eigenvalue weighted by atomic mass is 9.94. The molecule has 0 saturated carbocycles. The minimum Gasteiger partial charge on any atom is -0.339 e. The zero-order chi connectivity index (χ0) is 12.5. The van der Waals surface area contributed by atoms with Gasteiger partial charge in [-0.15, -0.1) is 11.8 Å². The molecular weight excluding hydrogens is 254 g/mol. The largest absolute Gasteiger partial charge is 0.339 e. The molecule has 2 rings (SSSR count). The summed E-state index contributed by atoms with van der Waals surface area (Å²) in [7, 11) is 0. The molecular formula is C11H19N3OS2. The summed E-state index contributed by atoms with van der Waals surface area (Å²) < 4.78 is 5.36. The summed E-state index contributed by atoms with van der Waals surface area (Å²) in [6.07, 6.45) is 0. The molecule has 96 valence electrons. The molecule has 2 N–H and O–H groups in total. The quantitative estimate of drug-likeness (QED) is 0.911.